The van der Waals surface area contributed by atoms with E-state index in [1.807, 2.05) is 0 Å². The third-order valence-electron chi connectivity index (χ3n) is 2.87. The van der Waals surface area contributed by atoms with Crippen molar-refractivity contribution in [1.82, 2.24) is 0 Å². The molecular formula is C15H14Cl2N2O4. The summed E-state index contributed by atoms with van der Waals surface area (Å²) in [5.41, 5.74) is 0.326. The highest BCUT2D eigenvalue weighted by atomic mass is 35.5. The van der Waals surface area contributed by atoms with Gasteiger partial charge in [-0.1, -0.05) is 11.6 Å². The van der Waals surface area contributed by atoms with Crippen LogP contribution in [0.3, 0.4) is 0 Å². The SMILES string of the molecule is O=[N+]([O-])c1cc(NCC(O)CCl)cc(Oc2ccc(Cl)cc2)c1. The maximum atomic E-state index is 11.0. The van der Waals surface area contributed by atoms with Crippen LogP contribution in [-0.2, 0) is 0 Å². The molecule has 0 bridgehead atoms. The molecule has 1 unspecified atom stereocenters. The van der Waals surface area contributed by atoms with Gasteiger partial charge in [0.15, 0.2) is 0 Å². The Kier molecular flexibility index (Phi) is 6.04. The molecule has 2 rings (SSSR count). The van der Waals surface area contributed by atoms with E-state index in [0.29, 0.717) is 22.2 Å². The highest BCUT2D eigenvalue weighted by Gasteiger charge is 2.12. The zero-order valence-corrected chi connectivity index (χ0v) is 13.4. The lowest BCUT2D eigenvalue weighted by molar-refractivity contribution is -0.384. The number of anilines is 1. The molecule has 2 aromatic rings. The van der Waals surface area contributed by atoms with E-state index < -0.39 is 11.0 Å². The molecule has 0 radical (unpaired) electrons. The molecule has 6 nitrogen and oxygen atoms in total. The van der Waals surface area contributed by atoms with Gasteiger partial charge in [0.2, 0.25) is 0 Å². The molecule has 8 heteroatoms. The van der Waals surface area contributed by atoms with Crippen molar-refractivity contribution < 1.29 is 14.8 Å². The number of alkyl halides is 1. The van der Waals surface area contributed by atoms with Crippen LogP contribution in [0.15, 0.2) is 42.5 Å². The van der Waals surface area contributed by atoms with Gasteiger partial charge in [0.25, 0.3) is 5.69 Å². The fraction of sp³-hybridized carbons (Fsp3) is 0.200. The number of ether oxygens (including phenoxy) is 1. The van der Waals surface area contributed by atoms with Crippen molar-refractivity contribution in [2.75, 3.05) is 17.7 Å². The monoisotopic (exact) mass is 356 g/mol. The molecule has 1 atom stereocenters. The zero-order chi connectivity index (χ0) is 16.8. The Labute approximate surface area is 142 Å². The van der Waals surface area contributed by atoms with Gasteiger partial charge in [-0.2, -0.15) is 0 Å². The normalized spacial score (nSPS) is 11.8. The number of aliphatic hydroxyl groups excluding tert-OH is 1. The van der Waals surface area contributed by atoms with Gasteiger partial charge in [0.05, 0.1) is 23.0 Å². The molecule has 2 aromatic carbocycles. The number of benzene rings is 2. The molecular weight excluding hydrogens is 343 g/mol. The van der Waals surface area contributed by atoms with Crippen molar-refractivity contribution in [3.05, 3.63) is 57.6 Å². The van der Waals surface area contributed by atoms with Crippen molar-refractivity contribution in [3.8, 4) is 11.5 Å². The lowest BCUT2D eigenvalue weighted by Crippen LogP contribution is -2.20. The molecule has 122 valence electrons. The van der Waals surface area contributed by atoms with Gasteiger partial charge in [-0.15, -0.1) is 11.6 Å². The highest BCUT2D eigenvalue weighted by molar-refractivity contribution is 6.30. The van der Waals surface area contributed by atoms with E-state index in [-0.39, 0.29) is 18.1 Å². The van der Waals surface area contributed by atoms with Crippen LogP contribution in [-0.4, -0.2) is 28.6 Å². The maximum Gasteiger partial charge on any atom is 0.275 e. The second-order valence-corrected chi connectivity index (χ2v) is 5.46. The fourth-order valence-corrected chi connectivity index (χ4v) is 2.01. The summed E-state index contributed by atoms with van der Waals surface area (Å²) >= 11 is 11.3. The summed E-state index contributed by atoms with van der Waals surface area (Å²) in [4.78, 5) is 10.5. The number of nitrogens with one attached hydrogen (secondary N) is 1. The smallest absolute Gasteiger partial charge is 0.275 e. The summed E-state index contributed by atoms with van der Waals surface area (Å²) in [7, 11) is 0. The lowest BCUT2D eigenvalue weighted by Gasteiger charge is -2.12. The third-order valence-corrected chi connectivity index (χ3v) is 3.48. The van der Waals surface area contributed by atoms with Crippen LogP contribution < -0.4 is 10.1 Å². The molecule has 0 saturated carbocycles. The molecule has 0 fully saturated rings. The van der Waals surface area contributed by atoms with E-state index in [2.05, 4.69) is 5.32 Å². The molecule has 0 heterocycles. The minimum atomic E-state index is -0.753. The summed E-state index contributed by atoms with van der Waals surface area (Å²) in [6.45, 7) is 0.172. The average Bonchev–Trinajstić information content (AvgIpc) is 2.54. The zero-order valence-electron chi connectivity index (χ0n) is 11.9. The molecule has 0 saturated heterocycles. The van der Waals surface area contributed by atoms with Gasteiger partial charge in [-0.3, -0.25) is 10.1 Å². The van der Waals surface area contributed by atoms with Gasteiger partial charge in [0, 0.05) is 29.4 Å². The minimum absolute atomic E-state index is 0.0655. The van der Waals surface area contributed by atoms with Gasteiger partial charge in [-0.05, 0) is 24.3 Å². The number of hydrogen-bond donors (Lipinski definition) is 2. The van der Waals surface area contributed by atoms with Crippen LogP contribution in [0.1, 0.15) is 0 Å². The highest BCUT2D eigenvalue weighted by Crippen LogP contribution is 2.30. The maximum absolute atomic E-state index is 11.0. The Hall–Kier alpha value is -2.02. The van der Waals surface area contributed by atoms with Gasteiger partial charge >= 0.3 is 0 Å². The van der Waals surface area contributed by atoms with Gasteiger partial charge in [0.1, 0.15) is 11.5 Å². The Morgan fingerprint density at radius 2 is 1.91 bits per heavy atom. The van der Waals surface area contributed by atoms with Crippen LogP contribution in [0, 0.1) is 10.1 Å². The number of hydrogen-bond acceptors (Lipinski definition) is 5. The summed E-state index contributed by atoms with van der Waals surface area (Å²) in [5.74, 6) is 0.863. The van der Waals surface area contributed by atoms with Crippen molar-refractivity contribution in [2.45, 2.75) is 6.10 Å². The Morgan fingerprint density at radius 3 is 2.52 bits per heavy atom. The number of halogens is 2. The summed E-state index contributed by atoms with van der Waals surface area (Å²) < 4.78 is 5.61. The first-order valence-corrected chi connectivity index (χ1v) is 7.60. The predicted molar refractivity (Wildman–Crippen MR) is 89.8 cm³/mol. The number of rotatable bonds is 7. The van der Waals surface area contributed by atoms with Crippen LogP contribution >= 0.6 is 23.2 Å². The molecule has 0 aliphatic heterocycles. The fourth-order valence-electron chi connectivity index (χ4n) is 1.78. The average molecular weight is 357 g/mol. The first-order chi connectivity index (χ1) is 11.0. The van der Waals surface area contributed by atoms with E-state index >= 15 is 0 Å². The molecule has 0 aliphatic rings. The molecule has 23 heavy (non-hydrogen) atoms. The van der Waals surface area contributed by atoms with Gasteiger partial charge in [-0.25, -0.2) is 0 Å². The molecule has 0 aliphatic carbocycles. The molecule has 0 amide bonds. The number of nitrogens with zero attached hydrogens (tertiary/aromatic N) is 1. The first-order valence-electron chi connectivity index (χ1n) is 6.68. The summed E-state index contributed by atoms with van der Waals surface area (Å²) in [6.07, 6.45) is -0.753. The van der Waals surface area contributed by atoms with Crippen LogP contribution in [0.5, 0.6) is 11.5 Å². The lowest BCUT2D eigenvalue weighted by atomic mass is 10.2. The topological polar surface area (TPSA) is 84.6 Å². The number of aliphatic hydroxyl groups is 1. The first kappa shape index (κ1) is 17.3. The Balaban J connectivity index is 2.21. The summed E-state index contributed by atoms with van der Waals surface area (Å²) in [6, 6.07) is 10.9. The van der Waals surface area contributed by atoms with Crippen molar-refractivity contribution in [3.63, 3.8) is 0 Å². The van der Waals surface area contributed by atoms with Crippen LogP contribution in [0.2, 0.25) is 5.02 Å². The third kappa shape index (κ3) is 5.28. The van der Waals surface area contributed by atoms with E-state index in [0.717, 1.165) is 0 Å². The van der Waals surface area contributed by atoms with E-state index in [9.17, 15) is 15.2 Å². The van der Waals surface area contributed by atoms with Crippen LogP contribution in [0.4, 0.5) is 11.4 Å². The number of non-ortho nitro benzene ring substituents is 1. The van der Waals surface area contributed by atoms with Crippen LogP contribution in [0.25, 0.3) is 0 Å². The second kappa shape index (κ2) is 8.01. The van der Waals surface area contributed by atoms with Gasteiger partial charge < -0.3 is 15.2 Å². The number of nitro benzene ring substituents is 1. The predicted octanol–water partition coefficient (Wildman–Crippen LogP) is 4.05. The number of nitro groups is 1. The second-order valence-electron chi connectivity index (χ2n) is 4.72. The van der Waals surface area contributed by atoms with E-state index in [1.165, 1.54) is 12.1 Å². The minimum Gasteiger partial charge on any atom is -0.457 e. The quantitative estimate of drug-likeness (QED) is 0.444. The Morgan fingerprint density at radius 1 is 1.22 bits per heavy atom. The standard InChI is InChI=1S/C15H14Cl2N2O4/c16-8-13(20)9-18-11-5-12(19(21)22)7-15(6-11)23-14-3-1-10(17)2-4-14/h1-7,13,18,20H,8-9H2. The van der Waals surface area contributed by atoms with Crippen molar-refractivity contribution in [2.24, 2.45) is 0 Å². The largest absolute Gasteiger partial charge is 0.457 e. The Bertz CT molecular complexity index is 680. The summed E-state index contributed by atoms with van der Waals surface area (Å²) in [5, 5.41) is 23.9. The van der Waals surface area contributed by atoms with E-state index in [4.69, 9.17) is 27.9 Å². The molecule has 0 aromatic heterocycles. The van der Waals surface area contributed by atoms with Crippen molar-refractivity contribution >= 4 is 34.6 Å². The molecule has 0 spiro atoms. The van der Waals surface area contributed by atoms with E-state index in [1.54, 1.807) is 30.3 Å². The molecule has 2 N–H and O–H groups in total. The van der Waals surface area contributed by atoms with Crippen molar-refractivity contribution in [1.29, 1.82) is 0 Å².